The van der Waals surface area contributed by atoms with Gasteiger partial charge in [-0.25, -0.2) is 4.98 Å². The Kier molecular flexibility index (Phi) is 3.70. The summed E-state index contributed by atoms with van der Waals surface area (Å²) < 4.78 is 5.30. The Morgan fingerprint density at radius 2 is 2.20 bits per heavy atom. The van der Waals surface area contributed by atoms with Crippen LogP contribution in [0.5, 0.6) is 5.75 Å². The molecular formula is C16H19ClN2O. The molecule has 1 N–H and O–H groups in total. The molecule has 1 fully saturated rings. The number of benzene rings is 1. The summed E-state index contributed by atoms with van der Waals surface area (Å²) in [4.78, 5) is 4.47. The zero-order chi connectivity index (χ0) is 14.0. The lowest BCUT2D eigenvalue weighted by atomic mass is 10.0. The molecule has 1 aromatic carbocycles. The number of hydrogen-bond acceptors (Lipinski definition) is 3. The maximum Gasteiger partial charge on any atom is 0.133 e. The topological polar surface area (TPSA) is 34.1 Å². The van der Waals surface area contributed by atoms with Crippen LogP contribution in [-0.4, -0.2) is 24.5 Å². The van der Waals surface area contributed by atoms with Gasteiger partial charge < -0.3 is 10.1 Å². The van der Waals surface area contributed by atoms with Crippen molar-refractivity contribution in [3.05, 3.63) is 30.5 Å². The predicted molar refractivity (Wildman–Crippen MR) is 83.8 cm³/mol. The number of aromatic nitrogens is 1. The van der Waals surface area contributed by atoms with E-state index < -0.39 is 0 Å². The summed E-state index contributed by atoms with van der Waals surface area (Å²) in [6.45, 7) is 0.947. The maximum absolute atomic E-state index is 5.88. The third-order valence-corrected chi connectivity index (χ3v) is 4.38. The number of nitrogens with zero attached hydrogens (tertiary/aromatic N) is 1. The molecule has 0 atom stereocenters. The standard InChI is InChI=1S/C16H19ClN2O/c1-20-13-3-2-12-4-9-18-15(14(12)10-13)19-11-16(5-6-16)7-8-17/h2-4,9-10H,5-8,11H2,1H3,(H,18,19). The summed E-state index contributed by atoms with van der Waals surface area (Å²) in [5.74, 6) is 2.52. The van der Waals surface area contributed by atoms with Crippen molar-refractivity contribution in [3.63, 3.8) is 0 Å². The third-order valence-electron chi connectivity index (χ3n) is 4.19. The Labute approximate surface area is 124 Å². The lowest BCUT2D eigenvalue weighted by Gasteiger charge is -2.16. The van der Waals surface area contributed by atoms with Crippen LogP contribution in [-0.2, 0) is 0 Å². The number of alkyl halides is 1. The highest BCUT2D eigenvalue weighted by Gasteiger charge is 2.41. The van der Waals surface area contributed by atoms with E-state index in [1.807, 2.05) is 24.4 Å². The highest BCUT2D eigenvalue weighted by atomic mass is 35.5. The minimum Gasteiger partial charge on any atom is -0.497 e. The predicted octanol–water partition coefficient (Wildman–Crippen LogP) is 4.06. The molecule has 0 unspecified atom stereocenters. The minimum atomic E-state index is 0.393. The van der Waals surface area contributed by atoms with Crippen molar-refractivity contribution in [1.82, 2.24) is 4.98 Å². The number of ether oxygens (including phenoxy) is 1. The number of hydrogen-bond donors (Lipinski definition) is 1. The summed E-state index contributed by atoms with van der Waals surface area (Å²) in [5, 5.41) is 5.78. The van der Waals surface area contributed by atoms with E-state index in [0.717, 1.165) is 35.8 Å². The lowest BCUT2D eigenvalue weighted by Crippen LogP contribution is -2.16. The Morgan fingerprint density at radius 1 is 1.35 bits per heavy atom. The molecule has 1 aromatic heterocycles. The van der Waals surface area contributed by atoms with Crippen molar-refractivity contribution in [3.8, 4) is 5.75 Å². The zero-order valence-electron chi connectivity index (χ0n) is 11.7. The first-order valence-corrected chi connectivity index (χ1v) is 7.52. The van der Waals surface area contributed by atoms with Gasteiger partial charge in [-0.3, -0.25) is 0 Å². The average Bonchev–Trinajstić information content (AvgIpc) is 3.25. The first-order chi connectivity index (χ1) is 9.76. The van der Waals surface area contributed by atoms with Gasteiger partial charge >= 0.3 is 0 Å². The molecule has 0 amide bonds. The van der Waals surface area contributed by atoms with E-state index >= 15 is 0 Å². The van der Waals surface area contributed by atoms with Gasteiger partial charge in [-0.05, 0) is 48.3 Å². The Bertz CT molecular complexity index is 610. The van der Waals surface area contributed by atoms with Gasteiger partial charge in [0.15, 0.2) is 0 Å². The van der Waals surface area contributed by atoms with E-state index in [0.29, 0.717) is 5.41 Å². The lowest BCUT2D eigenvalue weighted by molar-refractivity contribution is 0.415. The fourth-order valence-electron chi connectivity index (χ4n) is 2.58. The molecule has 0 saturated heterocycles. The summed E-state index contributed by atoms with van der Waals surface area (Å²) in [6, 6.07) is 8.09. The number of halogens is 1. The van der Waals surface area contributed by atoms with E-state index in [2.05, 4.69) is 16.4 Å². The van der Waals surface area contributed by atoms with Crippen LogP contribution in [0.2, 0.25) is 0 Å². The third kappa shape index (κ3) is 2.68. The van der Waals surface area contributed by atoms with E-state index in [-0.39, 0.29) is 0 Å². The van der Waals surface area contributed by atoms with Crippen LogP contribution in [0.3, 0.4) is 0 Å². The first kappa shape index (κ1) is 13.5. The quantitative estimate of drug-likeness (QED) is 0.815. The fraction of sp³-hybridized carbons (Fsp3) is 0.438. The van der Waals surface area contributed by atoms with E-state index in [9.17, 15) is 0 Å². The van der Waals surface area contributed by atoms with E-state index in [4.69, 9.17) is 16.3 Å². The van der Waals surface area contributed by atoms with E-state index in [1.54, 1.807) is 7.11 Å². The van der Waals surface area contributed by atoms with Crippen molar-refractivity contribution in [2.24, 2.45) is 5.41 Å². The van der Waals surface area contributed by atoms with Crippen LogP contribution < -0.4 is 10.1 Å². The molecule has 1 aliphatic rings. The van der Waals surface area contributed by atoms with Crippen molar-refractivity contribution in [2.75, 3.05) is 24.9 Å². The molecule has 3 nitrogen and oxygen atoms in total. The van der Waals surface area contributed by atoms with Gasteiger partial charge in [0, 0.05) is 24.0 Å². The van der Waals surface area contributed by atoms with Gasteiger partial charge in [-0.1, -0.05) is 6.07 Å². The average molecular weight is 291 g/mol. The number of fused-ring (bicyclic) bond motifs is 1. The maximum atomic E-state index is 5.88. The summed E-state index contributed by atoms with van der Waals surface area (Å²) in [6.07, 6.45) is 5.45. The van der Waals surface area contributed by atoms with Crippen LogP contribution in [0.15, 0.2) is 30.5 Å². The number of rotatable bonds is 6. The molecule has 1 heterocycles. The van der Waals surface area contributed by atoms with Crippen molar-refractivity contribution in [1.29, 1.82) is 0 Å². The van der Waals surface area contributed by atoms with Crippen LogP contribution in [0.1, 0.15) is 19.3 Å². The highest BCUT2D eigenvalue weighted by molar-refractivity contribution is 6.17. The number of anilines is 1. The molecule has 1 aliphatic carbocycles. The van der Waals surface area contributed by atoms with Gasteiger partial charge in [-0.2, -0.15) is 0 Å². The molecule has 106 valence electrons. The molecule has 0 aliphatic heterocycles. The van der Waals surface area contributed by atoms with Crippen molar-refractivity contribution >= 4 is 28.2 Å². The van der Waals surface area contributed by atoms with Crippen LogP contribution >= 0.6 is 11.6 Å². The molecular weight excluding hydrogens is 272 g/mol. The number of nitrogens with one attached hydrogen (secondary N) is 1. The molecule has 0 bridgehead atoms. The molecule has 4 heteroatoms. The second kappa shape index (κ2) is 5.49. The van der Waals surface area contributed by atoms with Gasteiger partial charge in [0.25, 0.3) is 0 Å². The summed E-state index contributed by atoms with van der Waals surface area (Å²) in [5.41, 5.74) is 0.393. The number of pyridine rings is 1. The molecule has 0 spiro atoms. The van der Waals surface area contributed by atoms with Gasteiger partial charge in [0.05, 0.1) is 7.11 Å². The normalized spacial score (nSPS) is 16.1. The Morgan fingerprint density at radius 3 is 2.90 bits per heavy atom. The van der Waals surface area contributed by atoms with Gasteiger partial charge in [0.1, 0.15) is 11.6 Å². The molecule has 3 rings (SSSR count). The fourth-order valence-corrected chi connectivity index (χ4v) is 2.98. The first-order valence-electron chi connectivity index (χ1n) is 6.99. The largest absolute Gasteiger partial charge is 0.497 e. The molecule has 20 heavy (non-hydrogen) atoms. The Hall–Kier alpha value is -1.48. The molecule has 0 radical (unpaired) electrons. The highest BCUT2D eigenvalue weighted by Crippen LogP contribution is 2.49. The van der Waals surface area contributed by atoms with Crippen LogP contribution in [0.25, 0.3) is 10.8 Å². The molecule has 1 saturated carbocycles. The van der Waals surface area contributed by atoms with E-state index in [1.165, 1.54) is 18.2 Å². The van der Waals surface area contributed by atoms with Crippen LogP contribution in [0, 0.1) is 5.41 Å². The van der Waals surface area contributed by atoms with Crippen molar-refractivity contribution in [2.45, 2.75) is 19.3 Å². The molecule has 2 aromatic rings. The monoisotopic (exact) mass is 290 g/mol. The van der Waals surface area contributed by atoms with Gasteiger partial charge in [0.2, 0.25) is 0 Å². The van der Waals surface area contributed by atoms with Crippen molar-refractivity contribution < 1.29 is 4.74 Å². The SMILES string of the molecule is COc1ccc2ccnc(NCC3(CCCl)CC3)c2c1. The second-order valence-electron chi connectivity index (χ2n) is 5.54. The summed E-state index contributed by atoms with van der Waals surface area (Å²) >= 11 is 5.88. The minimum absolute atomic E-state index is 0.393. The summed E-state index contributed by atoms with van der Waals surface area (Å²) in [7, 11) is 1.68. The zero-order valence-corrected chi connectivity index (χ0v) is 12.4. The van der Waals surface area contributed by atoms with Gasteiger partial charge in [-0.15, -0.1) is 11.6 Å². The number of methoxy groups -OCH3 is 1. The smallest absolute Gasteiger partial charge is 0.133 e. The Balaban J connectivity index is 1.83. The van der Waals surface area contributed by atoms with Crippen LogP contribution in [0.4, 0.5) is 5.82 Å². The second-order valence-corrected chi connectivity index (χ2v) is 5.92.